The summed E-state index contributed by atoms with van der Waals surface area (Å²) in [7, 11) is 0. The zero-order valence-electron chi connectivity index (χ0n) is 24.2. The molecule has 4 aromatic rings. The number of hydrogen-bond donors (Lipinski definition) is 4. The molecule has 1 saturated heterocycles. The van der Waals surface area contributed by atoms with Crippen molar-refractivity contribution in [2.45, 2.75) is 43.9 Å². The van der Waals surface area contributed by atoms with Crippen LogP contribution in [0.25, 0.3) is 0 Å². The third-order valence-corrected chi connectivity index (χ3v) is 7.89. The number of ketones is 1. The first-order valence-corrected chi connectivity index (χ1v) is 14.5. The van der Waals surface area contributed by atoms with Crippen LogP contribution in [-0.4, -0.2) is 62.3 Å². The van der Waals surface area contributed by atoms with Crippen LogP contribution < -0.4 is 11.1 Å². The predicted molar refractivity (Wildman–Crippen MR) is 168 cm³/mol. The average molecular weight is 590 g/mol. The van der Waals surface area contributed by atoms with Gasteiger partial charge in [-0.2, -0.15) is 5.10 Å². The zero-order chi connectivity index (χ0) is 31.1. The molecule has 0 spiro atoms. The molecule has 1 unspecified atom stereocenters. The van der Waals surface area contributed by atoms with Gasteiger partial charge >= 0.3 is 0 Å². The zero-order valence-corrected chi connectivity index (χ0v) is 24.2. The first kappa shape index (κ1) is 30.2. The molecule has 5 rings (SSSR count). The van der Waals surface area contributed by atoms with Crippen LogP contribution in [0.5, 0.6) is 0 Å². The van der Waals surface area contributed by atoms with Crippen molar-refractivity contribution in [2.24, 2.45) is 5.73 Å². The van der Waals surface area contributed by atoms with Crippen molar-refractivity contribution >= 4 is 29.0 Å². The lowest BCUT2D eigenvalue weighted by Crippen LogP contribution is -2.51. The van der Waals surface area contributed by atoms with Gasteiger partial charge in [-0.15, -0.1) is 0 Å². The molecule has 44 heavy (non-hydrogen) atoms. The standard InChI is InChI=1S/C34H35N7O3/c35-28(17-14-23-8-3-1-4-9-23)34(44)40-22-27(41-19-7-18-39-41)20-29(40)33(43)38-21-24-12-15-25(16-13-24)30(36)31(37)32(42)26-10-5-2-6-11-26/h1-13,15-16,18-19,27-29,36-37H,14,17,20-22,35H2,(H,38,43)/t27?,28-,29+/m1/s1. The second-order valence-electron chi connectivity index (χ2n) is 10.9. The Bertz CT molecular complexity index is 1620. The van der Waals surface area contributed by atoms with E-state index in [2.05, 4.69) is 10.4 Å². The highest BCUT2D eigenvalue weighted by Crippen LogP contribution is 2.28. The monoisotopic (exact) mass is 589 g/mol. The average Bonchev–Trinajstić information content (AvgIpc) is 3.77. The minimum absolute atomic E-state index is 0.148. The molecular weight excluding hydrogens is 554 g/mol. The molecule has 10 nitrogen and oxygen atoms in total. The number of aromatic nitrogens is 2. The largest absolute Gasteiger partial charge is 0.350 e. The molecule has 10 heteroatoms. The Morgan fingerprint density at radius 2 is 1.57 bits per heavy atom. The van der Waals surface area contributed by atoms with E-state index in [1.165, 1.54) is 0 Å². The fourth-order valence-corrected chi connectivity index (χ4v) is 5.39. The first-order valence-electron chi connectivity index (χ1n) is 14.5. The van der Waals surface area contributed by atoms with E-state index < -0.39 is 23.6 Å². The molecule has 224 valence electrons. The maximum Gasteiger partial charge on any atom is 0.243 e. The minimum Gasteiger partial charge on any atom is -0.350 e. The second kappa shape index (κ2) is 13.8. The van der Waals surface area contributed by atoms with Gasteiger partial charge in [0.15, 0.2) is 0 Å². The van der Waals surface area contributed by atoms with E-state index in [-0.39, 0.29) is 30.1 Å². The van der Waals surface area contributed by atoms with Gasteiger partial charge in [-0.05, 0) is 30.0 Å². The van der Waals surface area contributed by atoms with Crippen molar-refractivity contribution in [3.05, 3.63) is 126 Å². The summed E-state index contributed by atoms with van der Waals surface area (Å²) < 4.78 is 1.77. The van der Waals surface area contributed by atoms with Crippen LogP contribution in [0.1, 0.15) is 45.9 Å². The topological polar surface area (TPSA) is 158 Å². The van der Waals surface area contributed by atoms with E-state index in [1.54, 1.807) is 70.4 Å². The van der Waals surface area contributed by atoms with Crippen molar-refractivity contribution in [3.63, 3.8) is 0 Å². The van der Waals surface area contributed by atoms with E-state index >= 15 is 0 Å². The van der Waals surface area contributed by atoms with Crippen LogP contribution in [0.2, 0.25) is 0 Å². The van der Waals surface area contributed by atoms with Gasteiger partial charge in [0.2, 0.25) is 17.6 Å². The summed E-state index contributed by atoms with van der Waals surface area (Å²) in [6, 6.07) is 25.3. The maximum absolute atomic E-state index is 13.5. The van der Waals surface area contributed by atoms with Crippen molar-refractivity contribution in [1.82, 2.24) is 20.0 Å². The number of aryl methyl sites for hydroxylation is 1. The van der Waals surface area contributed by atoms with Crippen LogP contribution in [0, 0.1) is 10.8 Å². The number of carbonyl (C=O) groups excluding carboxylic acids is 3. The van der Waals surface area contributed by atoms with Crippen LogP contribution in [0.3, 0.4) is 0 Å². The Morgan fingerprint density at radius 1 is 0.886 bits per heavy atom. The molecule has 0 bridgehead atoms. The number of nitrogens with zero attached hydrogens (tertiary/aromatic N) is 3. The molecule has 0 radical (unpaired) electrons. The normalized spacial score (nSPS) is 16.7. The summed E-state index contributed by atoms with van der Waals surface area (Å²) in [6.07, 6.45) is 5.05. The van der Waals surface area contributed by atoms with Crippen LogP contribution in [-0.2, 0) is 22.6 Å². The second-order valence-corrected chi connectivity index (χ2v) is 10.9. The lowest BCUT2D eigenvalue weighted by Gasteiger charge is -2.26. The van der Waals surface area contributed by atoms with Gasteiger partial charge in [0.1, 0.15) is 11.8 Å². The van der Waals surface area contributed by atoms with Gasteiger partial charge in [-0.25, -0.2) is 0 Å². The highest BCUT2D eigenvalue weighted by molar-refractivity contribution is 6.71. The van der Waals surface area contributed by atoms with Crippen LogP contribution in [0.15, 0.2) is 103 Å². The smallest absolute Gasteiger partial charge is 0.243 e. The van der Waals surface area contributed by atoms with Gasteiger partial charge in [-0.3, -0.25) is 29.9 Å². The molecule has 1 aliphatic rings. The molecule has 2 heterocycles. The van der Waals surface area contributed by atoms with Crippen LogP contribution in [0.4, 0.5) is 0 Å². The summed E-state index contributed by atoms with van der Waals surface area (Å²) >= 11 is 0. The minimum atomic E-state index is -0.739. The molecule has 3 aromatic carbocycles. The summed E-state index contributed by atoms with van der Waals surface area (Å²) in [5.41, 5.74) is 8.43. The van der Waals surface area contributed by atoms with Gasteiger partial charge < -0.3 is 16.0 Å². The summed E-state index contributed by atoms with van der Waals surface area (Å²) in [5, 5.41) is 23.8. The summed E-state index contributed by atoms with van der Waals surface area (Å²) in [4.78, 5) is 41.1. The molecule has 5 N–H and O–H groups in total. The molecule has 1 aromatic heterocycles. The predicted octanol–water partition coefficient (Wildman–Crippen LogP) is 3.57. The Balaban J connectivity index is 1.21. The van der Waals surface area contributed by atoms with E-state index in [0.29, 0.717) is 36.9 Å². The Labute approximate surface area is 255 Å². The van der Waals surface area contributed by atoms with Crippen LogP contribution >= 0.6 is 0 Å². The van der Waals surface area contributed by atoms with Gasteiger partial charge in [-0.1, -0.05) is 84.9 Å². The number of Topliss-reactive ketones (excluding diaryl/α,β-unsaturated/α-hetero) is 1. The molecule has 1 fully saturated rings. The summed E-state index contributed by atoms with van der Waals surface area (Å²) in [6.45, 7) is 0.542. The van der Waals surface area contributed by atoms with Crippen molar-refractivity contribution in [3.8, 4) is 0 Å². The lowest BCUT2D eigenvalue weighted by atomic mass is 9.98. The van der Waals surface area contributed by atoms with Gasteiger partial charge in [0, 0.05) is 43.0 Å². The third kappa shape index (κ3) is 7.04. The fourth-order valence-electron chi connectivity index (χ4n) is 5.39. The highest BCUT2D eigenvalue weighted by Gasteiger charge is 2.41. The quantitative estimate of drug-likeness (QED) is 0.147. The maximum atomic E-state index is 13.5. The Morgan fingerprint density at radius 3 is 2.23 bits per heavy atom. The van der Waals surface area contributed by atoms with Gasteiger partial charge in [0.05, 0.1) is 17.8 Å². The van der Waals surface area contributed by atoms with E-state index in [4.69, 9.17) is 16.6 Å². The van der Waals surface area contributed by atoms with Crippen molar-refractivity contribution < 1.29 is 14.4 Å². The number of nitrogens with one attached hydrogen (secondary N) is 3. The third-order valence-electron chi connectivity index (χ3n) is 7.89. The number of hydrogen-bond acceptors (Lipinski definition) is 7. The summed E-state index contributed by atoms with van der Waals surface area (Å²) in [5.74, 6) is -1.06. The van der Waals surface area contributed by atoms with E-state index in [1.807, 2.05) is 42.6 Å². The molecule has 1 aliphatic heterocycles. The molecule has 3 atom stereocenters. The van der Waals surface area contributed by atoms with E-state index in [9.17, 15) is 14.4 Å². The fraction of sp³-hybridized carbons (Fsp3) is 0.235. The molecular formula is C34H35N7O3. The SMILES string of the molecule is N=C(C(=N)c1ccc(CNC(=O)[C@@H]2CC(n3cccn3)CN2C(=O)[C@H](N)CCc2ccccc2)cc1)C(=O)c1ccccc1. The number of amides is 2. The van der Waals surface area contributed by atoms with Crippen molar-refractivity contribution in [2.75, 3.05) is 6.54 Å². The number of likely N-dealkylation sites (tertiary alicyclic amines) is 1. The van der Waals surface area contributed by atoms with Crippen molar-refractivity contribution in [1.29, 1.82) is 10.8 Å². The van der Waals surface area contributed by atoms with E-state index in [0.717, 1.165) is 11.1 Å². The Hall–Kier alpha value is -5.22. The highest BCUT2D eigenvalue weighted by atomic mass is 16.2. The van der Waals surface area contributed by atoms with Gasteiger partial charge in [0.25, 0.3) is 0 Å². The number of nitrogens with two attached hydrogens (primary N) is 1. The molecule has 2 amide bonds. The number of carbonyl (C=O) groups is 3. The first-order chi connectivity index (χ1) is 21.3. The molecule has 0 aliphatic carbocycles. The number of rotatable bonds is 12. The number of benzene rings is 3. The Kier molecular flexibility index (Phi) is 9.51. The lowest BCUT2D eigenvalue weighted by molar-refractivity contribution is -0.139. The molecule has 0 saturated carbocycles.